The molecule has 0 atom stereocenters. The van der Waals surface area contributed by atoms with Crippen molar-refractivity contribution in [1.29, 1.82) is 0 Å². The van der Waals surface area contributed by atoms with Crippen molar-refractivity contribution in [2.75, 3.05) is 26.2 Å². The Bertz CT molecular complexity index is 192. The van der Waals surface area contributed by atoms with E-state index in [2.05, 4.69) is 21.8 Å². The van der Waals surface area contributed by atoms with Gasteiger partial charge in [-0.25, -0.2) is 0 Å². The zero-order valence-electron chi connectivity index (χ0n) is 23.4. The van der Waals surface area contributed by atoms with Gasteiger partial charge in [0, 0.05) is 37.4 Å². The van der Waals surface area contributed by atoms with E-state index in [0.29, 0.717) is 0 Å². The first-order valence-corrected chi connectivity index (χ1v) is 5.51. The smallest absolute Gasteiger partial charge is 1.00 e. The Morgan fingerprint density at radius 2 is 0.386 bits per heavy atom. The van der Waals surface area contributed by atoms with Gasteiger partial charge < -0.3 is 188 Å². The molecule has 316 valence electrons. The van der Waals surface area contributed by atoms with Crippen LogP contribution < -0.4 is 69.7 Å². The molecule has 1 saturated heterocycles. The van der Waals surface area contributed by atoms with Crippen molar-refractivity contribution < 1.29 is 237 Å². The van der Waals surface area contributed by atoms with E-state index in [0.717, 1.165) is 26.2 Å². The molecule has 1 aliphatic rings. The Morgan fingerprint density at radius 1 is 0.341 bits per heavy atom. The summed E-state index contributed by atoms with van der Waals surface area (Å²) in [6.07, 6.45) is 0. The van der Waals surface area contributed by atoms with E-state index in [4.69, 9.17) is 13.3 Å². The van der Waals surface area contributed by atoms with E-state index in [1.165, 1.54) is 0 Å². The van der Waals surface area contributed by atoms with Crippen LogP contribution in [0.1, 0.15) is 0 Å². The average Bonchev–Trinajstić information content (AvgIpc) is 1.88. The summed E-state index contributed by atoms with van der Waals surface area (Å²) in [6, 6.07) is 0. The van der Waals surface area contributed by atoms with Crippen LogP contribution in [0.25, 0.3) is 0 Å². The zero-order chi connectivity index (χ0) is 8.74. The molecule has 0 unspecified atom stereocenters. The second-order valence-electron chi connectivity index (χ2n) is 1.95. The summed E-state index contributed by atoms with van der Waals surface area (Å²) in [4.78, 5) is 0. The van der Waals surface area contributed by atoms with Crippen LogP contribution in [0.15, 0.2) is 0 Å². The van der Waals surface area contributed by atoms with Crippen LogP contribution >= 0.6 is 0 Å². The van der Waals surface area contributed by atoms with Gasteiger partial charge >= 0.3 is 59.1 Å². The molecule has 0 aromatic rings. The Morgan fingerprint density at radius 3 is 0.409 bits per heavy atom. The van der Waals surface area contributed by atoms with Crippen LogP contribution in [0.2, 0.25) is 0 Å². The molecule has 1 heterocycles. The molecule has 0 aliphatic carbocycles. The van der Waals surface area contributed by atoms with Gasteiger partial charge in [-0.2, -0.15) is 4.21 Å². The van der Waals surface area contributed by atoms with Crippen molar-refractivity contribution in [2.45, 2.75) is 0 Å². The van der Waals surface area contributed by atoms with Gasteiger partial charge in [0.25, 0.3) is 9.05 Å². The topological polar surface area (TPSA) is 1030 Å². The van der Waals surface area contributed by atoms with E-state index in [9.17, 15) is 0 Å². The SMILES string of the molecule is C1CNCCN1.O.O.O.O.O.O.O.O.O.O.O.O.O.O.O.O.O.O.O.O.O.O.O.O.O.O.O.O.O.O.O=S(O)(O)=S.[Na+].[Na+].[S-2]. The molecule has 44 heavy (non-hydrogen) atoms. The van der Waals surface area contributed by atoms with Gasteiger partial charge in [-0.15, -0.1) is 0 Å². The number of rotatable bonds is 0. The van der Waals surface area contributed by atoms with E-state index in [-0.39, 0.29) is 237 Å². The maximum atomic E-state index is 9.11. The zero-order valence-corrected chi connectivity index (χ0v) is 29.8. The molecule has 35 nitrogen and oxygen atoms in total. The molecule has 0 aromatic carbocycles. The van der Waals surface area contributed by atoms with Crippen LogP contribution in [-0.2, 0) is 33.7 Å². The quantitative estimate of drug-likeness (QED) is 0.172. The van der Waals surface area contributed by atoms with Crippen molar-refractivity contribution in [3.8, 4) is 0 Å². The fourth-order valence-corrected chi connectivity index (χ4v) is 0.604. The Labute approximate surface area is 305 Å². The summed E-state index contributed by atoms with van der Waals surface area (Å²) in [5.41, 5.74) is 0. The maximum absolute atomic E-state index is 9.11. The summed E-state index contributed by atoms with van der Waals surface area (Å²) in [6.45, 7) is 4.56. The van der Waals surface area contributed by atoms with Gasteiger partial charge in [0.1, 0.15) is 0 Å². The van der Waals surface area contributed by atoms with E-state index >= 15 is 0 Å². The molecule has 1 rings (SSSR count). The van der Waals surface area contributed by atoms with Gasteiger partial charge in [-0.3, -0.25) is 9.11 Å². The fourth-order valence-electron chi connectivity index (χ4n) is 0.604. The van der Waals surface area contributed by atoms with Gasteiger partial charge in [-0.1, -0.05) is 0 Å². The van der Waals surface area contributed by atoms with Gasteiger partial charge in [-0.05, 0) is 0 Å². The molecule has 0 spiro atoms. The summed E-state index contributed by atoms with van der Waals surface area (Å²) >= 11 is 3.47. The minimum absolute atomic E-state index is 0. The van der Waals surface area contributed by atoms with Crippen LogP contribution in [0.5, 0.6) is 0 Å². The number of hydrogen-bond acceptors (Lipinski definition) is 4. The van der Waals surface area contributed by atoms with Gasteiger partial charge in [0.15, 0.2) is 0 Å². The van der Waals surface area contributed by atoms with Crippen molar-refractivity contribution in [3.63, 3.8) is 0 Å². The van der Waals surface area contributed by atoms with E-state index in [1.807, 2.05) is 0 Å². The van der Waals surface area contributed by atoms with Crippen LogP contribution in [0.3, 0.4) is 0 Å². The normalized spacial score (nSPS) is 4.59. The molecule has 0 amide bonds. The van der Waals surface area contributed by atoms with Crippen LogP contribution in [0, 0.1) is 0 Å². The van der Waals surface area contributed by atoms with Crippen molar-refractivity contribution in [1.82, 2.24) is 10.6 Å². The molecular formula is C4H72N2Na2O33S3. The largest absolute Gasteiger partial charge is 2.00 e. The Hall–Kier alpha value is 1.36. The maximum Gasteiger partial charge on any atom is 1.00 e. The summed E-state index contributed by atoms with van der Waals surface area (Å²) in [5.74, 6) is 0. The van der Waals surface area contributed by atoms with Crippen molar-refractivity contribution in [2.24, 2.45) is 0 Å². The number of piperazine rings is 1. The molecule has 0 radical (unpaired) electrons. The minimum atomic E-state index is -3.83. The predicted molar refractivity (Wildman–Crippen MR) is 162 cm³/mol. The third-order valence-electron chi connectivity index (χ3n) is 0.957. The molecule has 0 saturated carbocycles. The molecule has 40 heteroatoms. The minimum Gasteiger partial charge on any atom is -2.00 e. The van der Waals surface area contributed by atoms with E-state index < -0.39 is 9.05 Å². The van der Waals surface area contributed by atoms with Gasteiger partial charge in [0.2, 0.25) is 0 Å². The predicted octanol–water partition coefficient (Wildman–Crippen LogP) is -31.9. The molecular weight excluding hydrogens is 746 g/mol. The average molecular weight is 819 g/mol. The Balaban J connectivity index is -0.000000000814. The summed E-state index contributed by atoms with van der Waals surface area (Å²) in [7, 11) is -3.83. The number of nitrogens with one attached hydrogen (secondary N) is 2. The first-order chi connectivity index (χ1) is 5.00. The second-order valence-corrected chi connectivity index (χ2v) is 4.15. The Kier molecular flexibility index (Phi) is 7350. The molecule has 1 aliphatic heterocycles. The third-order valence-corrected chi connectivity index (χ3v) is 0.957. The van der Waals surface area contributed by atoms with Crippen molar-refractivity contribution in [3.05, 3.63) is 0 Å². The molecule has 0 bridgehead atoms. The summed E-state index contributed by atoms with van der Waals surface area (Å²) < 4.78 is 24.0. The molecule has 1 fully saturated rings. The van der Waals surface area contributed by atoms with Crippen LogP contribution in [0.4, 0.5) is 0 Å². The second kappa shape index (κ2) is 467. The first-order valence-electron chi connectivity index (χ1n) is 3.11. The van der Waals surface area contributed by atoms with Gasteiger partial charge in [0.05, 0.1) is 0 Å². The molecule has 64 N–H and O–H groups in total. The first kappa shape index (κ1) is 692. The van der Waals surface area contributed by atoms with Crippen LogP contribution in [-0.4, -0.2) is 204 Å². The van der Waals surface area contributed by atoms with E-state index in [1.54, 1.807) is 0 Å². The fraction of sp³-hybridized carbons (Fsp3) is 1.00. The summed E-state index contributed by atoms with van der Waals surface area (Å²) in [5, 5.41) is 6.44. The monoisotopic (exact) mass is 818 g/mol. The third kappa shape index (κ3) is 1440. The molecule has 0 aromatic heterocycles. The van der Waals surface area contributed by atoms with Crippen molar-refractivity contribution >= 4 is 33.7 Å². The standard InChI is InChI=1S/C4H10N2.2Na.H2O3S2.30H2O.S/c1-2-6-4-3-5-1;;;1-5(2,3)4;;;;;;;;;;;;;;;;;;;;;;;;;;;;;;;/h5-6H,1-4H2;;;(H2,1,2,3,4);30*1H2;/q;2*+1;;;;;;;;;;;;;;;;;;;;;;;;;;;;;;;;-2. The number of hydrogen-bond donors (Lipinski definition) is 4.